The Morgan fingerprint density at radius 3 is 2.93 bits per heavy atom. The fourth-order valence-electron chi connectivity index (χ4n) is 3.58. The van der Waals surface area contributed by atoms with Gasteiger partial charge in [0, 0.05) is 36.8 Å². The highest BCUT2D eigenvalue weighted by molar-refractivity contribution is 6.02. The molecule has 1 saturated heterocycles. The zero-order chi connectivity index (χ0) is 19.0. The highest BCUT2D eigenvalue weighted by atomic mass is 16.4. The molecular weight excluding hydrogens is 348 g/mol. The molecule has 138 valence electrons. The van der Waals surface area contributed by atoms with Crippen molar-refractivity contribution in [3.05, 3.63) is 30.6 Å². The maximum atomic E-state index is 12.9. The van der Waals surface area contributed by atoms with Gasteiger partial charge in [-0.3, -0.25) is 14.3 Å². The van der Waals surface area contributed by atoms with Crippen LogP contribution in [0.5, 0.6) is 0 Å². The van der Waals surface area contributed by atoms with E-state index in [-0.39, 0.29) is 18.4 Å². The standard InChI is InChI=1S/C18H18N6O3/c19-11-18(12-1-2-12)5-8-24(17(18)27)13-3-6-20-15(9-13)21-14-4-7-23(22-14)10-16(25)26/h3-4,6-7,9,12H,1-2,5,8,10H2,(H,25,26)(H,20,21,22)/t18-/m1/s1. The summed E-state index contributed by atoms with van der Waals surface area (Å²) in [7, 11) is 0. The van der Waals surface area contributed by atoms with Crippen LogP contribution in [0.3, 0.4) is 0 Å². The largest absolute Gasteiger partial charge is 0.480 e. The van der Waals surface area contributed by atoms with E-state index in [0.29, 0.717) is 30.3 Å². The normalized spacial score (nSPS) is 21.9. The first kappa shape index (κ1) is 17.0. The predicted molar refractivity (Wildman–Crippen MR) is 95.1 cm³/mol. The second-order valence-corrected chi connectivity index (χ2v) is 6.88. The molecule has 1 aliphatic heterocycles. The van der Waals surface area contributed by atoms with Crippen LogP contribution in [0, 0.1) is 22.7 Å². The van der Waals surface area contributed by atoms with E-state index >= 15 is 0 Å². The van der Waals surface area contributed by atoms with Gasteiger partial charge in [-0.15, -0.1) is 0 Å². The summed E-state index contributed by atoms with van der Waals surface area (Å²) >= 11 is 0. The first-order valence-corrected chi connectivity index (χ1v) is 8.73. The lowest BCUT2D eigenvalue weighted by Crippen LogP contribution is -2.35. The third-order valence-electron chi connectivity index (χ3n) is 5.08. The van der Waals surface area contributed by atoms with Crippen molar-refractivity contribution < 1.29 is 14.7 Å². The minimum absolute atomic E-state index is 0.129. The second kappa shape index (κ2) is 6.39. The number of anilines is 3. The molecule has 2 aliphatic rings. The van der Waals surface area contributed by atoms with Gasteiger partial charge in [0.15, 0.2) is 5.82 Å². The molecular formula is C18H18N6O3. The molecule has 27 heavy (non-hydrogen) atoms. The summed E-state index contributed by atoms with van der Waals surface area (Å²) in [6.07, 6.45) is 5.58. The van der Waals surface area contributed by atoms with Gasteiger partial charge in [0.05, 0.1) is 6.07 Å². The Labute approximate surface area is 155 Å². The first-order chi connectivity index (χ1) is 13.0. The van der Waals surface area contributed by atoms with E-state index < -0.39 is 11.4 Å². The Bertz CT molecular complexity index is 945. The van der Waals surface area contributed by atoms with E-state index in [1.807, 2.05) is 0 Å². The summed E-state index contributed by atoms with van der Waals surface area (Å²) in [6.45, 7) is 0.286. The first-order valence-electron chi connectivity index (χ1n) is 8.73. The highest BCUT2D eigenvalue weighted by Gasteiger charge is 2.56. The van der Waals surface area contributed by atoms with Gasteiger partial charge in [0.25, 0.3) is 0 Å². The summed E-state index contributed by atoms with van der Waals surface area (Å²) in [5.74, 6) is 0.0155. The number of aliphatic carboxylic acids is 1. The Kier molecular flexibility index (Phi) is 4.03. The molecule has 3 heterocycles. The van der Waals surface area contributed by atoms with Gasteiger partial charge >= 0.3 is 5.97 Å². The molecule has 0 aromatic carbocycles. The molecule has 2 aromatic rings. The predicted octanol–water partition coefficient (Wildman–Crippen LogP) is 1.76. The fourth-order valence-corrected chi connectivity index (χ4v) is 3.58. The van der Waals surface area contributed by atoms with Crippen molar-refractivity contribution in [2.24, 2.45) is 11.3 Å². The van der Waals surface area contributed by atoms with Gasteiger partial charge in [-0.25, -0.2) is 4.98 Å². The van der Waals surface area contributed by atoms with Crippen LogP contribution in [0.2, 0.25) is 0 Å². The number of nitrogens with zero attached hydrogens (tertiary/aromatic N) is 5. The van der Waals surface area contributed by atoms with Gasteiger partial charge in [0.1, 0.15) is 17.8 Å². The average molecular weight is 366 g/mol. The zero-order valence-electron chi connectivity index (χ0n) is 14.5. The van der Waals surface area contributed by atoms with Crippen LogP contribution in [-0.4, -0.2) is 38.3 Å². The molecule has 1 aliphatic carbocycles. The molecule has 2 fully saturated rings. The Morgan fingerprint density at radius 2 is 2.22 bits per heavy atom. The molecule has 0 bridgehead atoms. The quantitative estimate of drug-likeness (QED) is 0.798. The molecule has 2 aromatic heterocycles. The number of hydrogen-bond acceptors (Lipinski definition) is 6. The number of carboxylic acid groups (broad SMARTS) is 1. The second-order valence-electron chi connectivity index (χ2n) is 6.88. The lowest BCUT2D eigenvalue weighted by atomic mass is 9.83. The molecule has 0 spiro atoms. The Hall–Kier alpha value is -3.41. The van der Waals surface area contributed by atoms with Gasteiger partial charge < -0.3 is 15.3 Å². The smallest absolute Gasteiger partial charge is 0.325 e. The maximum Gasteiger partial charge on any atom is 0.325 e. The van der Waals surface area contributed by atoms with Crippen molar-refractivity contribution in [1.82, 2.24) is 14.8 Å². The number of rotatable bonds is 6. The van der Waals surface area contributed by atoms with E-state index in [1.54, 1.807) is 35.5 Å². The molecule has 2 N–H and O–H groups in total. The molecule has 1 atom stereocenters. The van der Waals surface area contributed by atoms with E-state index in [1.165, 1.54) is 4.68 Å². The third-order valence-corrected chi connectivity index (χ3v) is 5.08. The maximum absolute atomic E-state index is 12.9. The molecule has 4 rings (SSSR count). The van der Waals surface area contributed by atoms with Gasteiger partial charge in [0.2, 0.25) is 5.91 Å². The Morgan fingerprint density at radius 1 is 1.41 bits per heavy atom. The van der Waals surface area contributed by atoms with Crippen molar-refractivity contribution in [2.75, 3.05) is 16.8 Å². The van der Waals surface area contributed by atoms with Gasteiger partial charge in [-0.2, -0.15) is 10.4 Å². The minimum Gasteiger partial charge on any atom is -0.480 e. The third kappa shape index (κ3) is 3.10. The van der Waals surface area contributed by atoms with E-state index in [2.05, 4.69) is 21.5 Å². The van der Waals surface area contributed by atoms with Crippen LogP contribution in [0.1, 0.15) is 19.3 Å². The number of nitrogens with one attached hydrogen (secondary N) is 1. The van der Waals surface area contributed by atoms with Crippen LogP contribution in [-0.2, 0) is 16.1 Å². The lowest BCUT2D eigenvalue weighted by Gasteiger charge is -2.21. The summed E-state index contributed by atoms with van der Waals surface area (Å²) < 4.78 is 1.30. The van der Waals surface area contributed by atoms with Crippen molar-refractivity contribution >= 4 is 29.2 Å². The number of carbonyl (C=O) groups excluding carboxylic acids is 1. The fraction of sp³-hybridized carbons (Fsp3) is 0.389. The number of aromatic nitrogens is 3. The average Bonchev–Trinajstić information content (AvgIpc) is 3.32. The van der Waals surface area contributed by atoms with Crippen molar-refractivity contribution in [2.45, 2.75) is 25.8 Å². The molecule has 0 unspecified atom stereocenters. The molecule has 1 saturated carbocycles. The number of nitriles is 1. The number of carbonyl (C=O) groups is 2. The van der Waals surface area contributed by atoms with Crippen molar-refractivity contribution in [3.63, 3.8) is 0 Å². The van der Waals surface area contributed by atoms with Crippen molar-refractivity contribution in [3.8, 4) is 6.07 Å². The number of pyridine rings is 1. The molecule has 9 heteroatoms. The number of carboxylic acids is 1. The highest BCUT2D eigenvalue weighted by Crippen LogP contribution is 2.51. The summed E-state index contributed by atoms with van der Waals surface area (Å²) in [5.41, 5.74) is -0.202. The van der Waals surface area contributed by atoms with Crippen LogP contribution in [0.4, 0.5) is 17.3 Å². The SMILES string of the molecule is N#C[C@@]1(C2CC2)CCN(c2ccnc(Nc3ccn(CC(=O)O)n3)c2)C1=O. The summed E-state index contributed by atoms with van der Waals surface area (Å²) in [5, 5.41) is 25.5. The summed E-state index contributed by atoms with van der Waals surface area (Å²) in [6, 6.07) is 7.40. The van der Waals surface area contributed by atoms with E-state index in [0.717, 1.165) is 12.8 Å². The van der Waals surface area contributed by atoms with E-state index in [9.17, 15) is 14.9 Å². The zero-order valence-corrected chi connectivity index (χ0v) is 14.5. The van der Waals surface area contributed by atoms with Crippen LogP contribution >= 0.6 is 0 Å². The number of amides is 1. The summed E-state index contributed by atoms with van der Waals surface area (Å²) in [4.78, 5) is 29.5. The molecule has 0 radical (unpaired) electrons. The molecule has 9 nitrogen and oxygen atoms in total. The monoisotopic (exact) mass is 366 g/mol. The minimum atomic E-state index is -0.978. The van der Waals surface area contributed by atoms with Crippen LogP contribution < -0.4 is 10.2 Å². The molecule has 1 amide bonds. The Balaban J connectivity index is 1.51. The van der Waals surface area contributed by atoms with Crippen molar-refractivity contribution in [1.29, 1.82) is 5.26 Å². The van der Waals surface area contributed by atoms with Crippen LogP contribution in [0.25, 0.3) is 0 Å². The topological polar surface area (TPSA) is 124 Å². The van der Waals surface area contributed by atoms with Gasteiger partial charge in [-0.1, -0.05) is 0 Å². The van der Waals surface area contributed by atoms with E-state index in [4.69, 9.17) is 5.11 Å². The lowest BCUT2D eigenvalue weighted by molar-refractivity contribution is -0.137. The van der Waals surface area contributed by atoms with Gasteiger partial charge in [-0.05, 0) is 31.2 Å². The van der Waals surface area contributed by atoms with Crippen LogP contribution in [0.15, 0.2) is 30.6 Å². The number of hydrogen-bond donors (Lipinski definition) is 2.